The Morgan fingerprint density at radius 1 is 1.54 bits per heavy atom. The van der Waals surface area contributed by atoms with Gasteiger partial charge in [0.15, 0.2) is 6.23 Å². The van der Waals surface area contributed by atoms with Crippen LogP contribution in [0.25, 0.3) is 0 Å². The zero-order valence-electron chi connectivity index (χ0n) is 12.9. The second-order valence-electron chi connectivity index (χ2n) is 5.26. The summed E-state index contributed by atoms with van der Waals surface area (Å²) in [6.45, 7) is 2.66. The summed E-state index contributed by atoms with van der Waals surface area (Å²) in [5.41, 5.74) is -0.495. The zero-order chi connectivity index (χ0) is 18.0. The molecule has 0 aromatic heterocycles. The van der Waals surface area contributed by atoms with Crippen molar-refractivity contribution < 1.29 is 33.6 Å². The van der Waals surface area contributed by atoms with Crippen LogP contribution in [-0.4, -0.2) is 33.4 Å². The lowest BCUT2D eigenvalue weighted by Gasteiger charge is -2.20. The van der Waals surface area contributed by atoms with Gasteiger partial charge in [0.05, 0.1) is 10.5 Å². The summed E-state index contributed by atoms with van der Waals surface area (Å²) in [6, 6.07) is 1.94. The number of nitro groups is 1. The highest BCUT2D eigenvalue weighted by Gasteiger charge is 2.34. The largest absolute Gasteiger partial charge is 0.534 e. The molecule has 24 heavy (non-hydrogen) atoms. The summed E-state index contributed by atoms with van der Waals surface area (Å²) in [7, 11) is 0. The Kier molecular flexibility index (Phi) is 4.98. The van der Waals surface area contributed by atoms with Crippen molar-refractivity contribution in [1.29, 1.82) is 0 Å². The molecule has 0 radical (unpaired) electrons. The molecule has 2 rings (SSSR count). The van der Waals surface area contributed by atoms with Gasteiger partial charge < -0.3 is 14.7 Å². The van der Waals surface area contributed by atoms with Gasteiger partial charge in [-0.05, 0) is 25.5 Å². The van der Waals surface area contributed by atoms with Crippen molar-refractivity contribution in [2.24, 2.45) is 0 Å². The number of aliphatic hydroxyl groups is 1. The number of carbonyl (C=O) groups is 2. The number of aliphatic hydroxyl groups excluding tert-OH is 1. The van der Waals surface area contributed by atoms with Gasteiger partial charge >= 0.3 is 6.16 Å². The first-order valence-corrected chi connectivity index (χ1v) is 7.04. The third-order valence-electron chi connectivity index (χ3n) is 3.52. The first-order chi connectivity index (χ1) is 11.2. The number of carbonyl (C=O) groups excluding carboxylic acids is 2. The molecule has 10 heteroatoms. The van der Waals surface area contributed by atoms with Crippen molar-refractivity contribution in [3.8, 4) is 0 Å². The van der Waals surface area contributed by atoms with E-state index in [1.807, 2.05) is 0 Å². The smallest absolute Gasteiger partial charge is 0.425 e. The van der Waals surface area contributed by atoms with Crippen LogP contribution in [0, 0.1) is 22.9 Å². The standard InChI is InChI=1S/C14H15FN2O7/c1-7-5-11(17(21)22)9(6-10(7)15)8(2)23-14(20)24-16-12(18)3-4-13(16)19/h5-6,8,12,18H,3-4H2,1-2H3. The van der Waals surface area contributed by atoms with Crippen LogP contribution in [0.1, 0.15) is 37.0 Å². The monoisotopic (exact) mass is 342 g/mol. The Morgan fingerprint density at radius 2 is 2.21 bits per heavy atom. The topological polar surface area (TPSA) is 119 Å². The average molecular weight is 342 g/mol. The van der Waals surface area contributed by atoms with Crippen molar-refractivity contribution in [2.45, 2.75) is 39.0 Å². The number of hydroxylamine groups is 2. The Morgan fingerprint density at radius 3 is 2.75 bits per heavy atom. The van der Waals surface area contributed by atoms with E-state index >= 15 is 0 Å². The van der Waals surface area contributed by atoms with Crippen LogP contribution in [0.4, 0.5) is 14.9 Å². The van der Waals surface area contributed by atoms with Gasteiger partial charge in [0.25, 0.3) is 11.6 Å². The molecule has 9 nitrogen and oxygen atoms in total. The molecule has 1 aliphatic heterocycles. The number of nitrogens with zero attached hydrogens (tertiary/aromatic N) is 2. The number of hydrogen-bond acceptors (Lipinski definition) is 7. The van der Waals surface area contributed by atoms with Crippen LogP contribution in [0.15, 0.2) is 12.1 Å². The van der Waals surface area contributed by atoms with E-state index in [1.54, 1.807) is 0 Å². The minimum absolute atomic E-state index is 0.0125. The van der Waals surface area contributed by atoms with Crippen molar-refractivity contribution >= 4 is 17.7 Å². The zero-order valence-corrected chi connectivity index (χ0v) is 12.9. The molecule has 2 unspecified atom stereocenters. The van der Waals surface area contributed by atoms with Crippen molar-refractivity contribution in [2.75, 3.05) is 0 Å². The number of aryl methyl sites for hydroxylation is 1. The van der Waals surface area contributed by atoms with Crippen LogP contribution >= 0.6 is 0 Å². The van der Waals surface area contributed by atoms with Gasteiger partial charge in [-0.1, -0.05) is 0 Å². The molecular formula is C14H15FN2O7. The fourth-order valence-electron chi connectivity index (χ4n) is 2.23. The lowest BCUT2D eigenvalue weighted by atomic mass is 10.1. The number of halogens is 1. The quantitative estimate of drug-likeness (QED) is 0.505. The normalized spacial score (nSPS) is 18.4. The number of rotatable bonds is 4. The molecule has 0 spiro atoms. The van der Waals surface area contributed by atoms with Gasteiger partial charge in [0.1, 0.15) is 11.9 Å². The Balaban J connectivity index is 2.13. The predicted octanol–water partition coefficient (Wildman–Crippen LogP) is 2.11. The molecule has 1 saturated heterocycles. The summed E-state index contributed by atoms with van der Waals surface area (Å²) in [5, 5.41) is 21.0. The molecule has 1 N–H and O–H groups in total. The number of ether oxygens (including phenoxy) is 1. The number of benzene rings is 1. The first kappa shape index (κ1) is 17.6. The fourth-order valence-corrected chi connectivity index (χ4v) is 2.23. The van der Waals surface area contributed by atoms with Crippen LogP contribution in [0.2, 0.25) is 0 Å². The van der Waals surface area contributed by atoms with Gasteiger partial charge in [-0.15, -0.1) is 5.06 Å². The summed E-state index contributed by atoms with van der Waals surface area (Å²) in [4.78, 5) is 38.0. The van der Waals surface area contributed by atoms with Crippen molar-refractivity contribution in [1.82, 2.24) is 5.06 Å². The minimum Gasteiger partial charge on any atom is -0.425 e. The van der Waals surface area contributed by atoms with E-state index < -0.39 is 40.8 Å². The fraction of sp³-hybridized carbons (Fsp3) is 0.429. The lowest BCUT2D eigenvalue weighted by Crippen LogP contribution is -2.35. The maximum Gasteiger partial charge on any atom is 0.534 e. The van der Waals surface area contributed by atoms with E-state index in [0.29, 0.717) is 5.06 Å². The highest BCUT2D eigenvalue weighted by Crippen LogP contribution is 2.30. The second-order valence-corrected chi connectivity index (χ2v) is 5.26. The number of nitro benzene ring substituents is 1. The molecule has 1 heterocycles. The van der Waals surface area contributed by atoms with Gasteiger partial charge in [0.2, 0.25) is 0 Å². The van der Waals surface area contributed by atoms with Crippen LogP contribution in [0.3, 0.4) is 0 Å². The molecule has 0 aliphatic carbocycles. The van der Waals surface area contributed by atoms with E-state index in [0.717, 1.165) is 12.1 Å². The molecule has 1 amide bonds. The van der Waals surface area contributed by atoms with Crippen LogP contribution < -0.4 is 0 Å². The SMILES string of the molecule is Cc1cc([N+](=O)[O-])c(C(C)OC(=O)ON2C(=O)CCC2O)cc1F. The molecule has 1 aliphatic rings. The Hall–Kier alpha value is -2.75. The predicted molar refractivity (Wildman–Crippen MR) is 75.9 cm³/mol. The Labute approximate surface area is 135 Å². The summed E-state index contributed by atoms with van der Waals surface area (Å²) >= 11 is 0. The molecule has 1 aromatic carbocycles. The van der Waals surface area contributed by atoms with Gasteiger partial charge in [-0.25, -0.2) is 9.18 Å². The maximum absolute atomic E-state index is 13.7. The van der Waals surface area contributed by atoms with E-state index in [9.17, 15) is 29.2 Å². The van der Waals surface area contributed by atoms with Crippen LogP contribution in [0.5, 0.6) is 0 Å². The molecule has 0 bridgehead atoms. The Bertz CT molecular complexity index is 694. The van der Waals surface area contributed by atoms with Gasteiger partial charge in [-0.3, -0.25) is 14.9 Å². The molecule has 0 saturated carbocycles. The summed E-state index contributed by atoms with van der Waals surface area (Å²) in [5.74, 6) is -1.29. The minimum atomic E-state index is -1.34. The molecular weight excluding hydrogens is 327 g/mol. The van der Waals surface area contributed by atoms with Crippen molar-refractivity contribution in [3.63, 3.8) is 0 Å². The highest BCUT2D eigenvalue weighted by atomic mass is 19.1. The van der Waals surface area contributed by atoms with E-state index in [-0.39, 0.29) is 24.0 Å². The lowest BCUT2D eigenvalue weighted by molar-refractivity contribution is -0.386. The summed E-state index contributed by atoms with van der Waals surface area (Å²) in [6.07, 6.45) is -3.70. The highest BCUT2D eigenvalue weighted by molar-refractivity contribution is 5.78. The van der Waals surface area contributed by atoms with E-state index in [2.05, 4.69) is 4.84 Å². The molecule has 2 atom stereocenters. The molecule has 130 valence electrons. The number of amides is 1. The first-order valence-electron chi connectivity index (χ1n) is 7.04. The van der Waals surface area contributed by atoms with Gasteiger partial charge in [0, 0.05) is 18.9 Å². The average Bonchev–Trinajstić information content (AvgIpc) is 2.81. The second kappa shape index (κ2) is 6.79. The molecule has 1 fully saturated rings. The summed E-state index contributed by atoms with van der Waals surface area (Å²) < 4.78 is 18.5. The van der Waals surface area contributed by atoms with E-state index in [1.165, 1.54) is 13.8 Å². The third kappa shape index (κ3) is 3.59. The third-order valence-corrected chi connectivity index (χ3v) is 3.52. The van der Waals surface area contributed by atoms with Gasteiger partial charge in [-0.2, -0.15) is 0 Å². The number of hydrogen-bond donors (Lipinski definition) is 1. The van der Waals surface area contributed by atoms with E-state index in [4.69, 9.17) is 4.74 Å². The van der Waals surface area contributed by atoms with Crippen molar-refractivity contribution in [3.05, 3.63) is 39.2 Å². The maximum atomic E-state index is 13.7. The van der Waals surface area contributed by atoms with Crippen LogP contribution in [-0.2, 0) is 14.4 Å². The molecule has 1 aromatic rings.